The van der Waals surface area contributed by atoms with Crippen LogP contribution in [0.15, 0.2) is 24.3 Å². The maximum absolute atomic E-state index is 11.5. The molecule has 0 bridgehead atoms. The summed E-state index contributed by atoms with van der Waals surface area (Å²) in [6, 6.07) is 8.37. The molecule has 4 nitrogen and oxygen atoms in total. The molecule has 1 aliphatic carbocycles. The maximum atomic E-state index is 11.5. The third-order valence-electron chi connectivity index (χ3n) is 3.90. The molecule has 3 rings (SSSR count). The molecule has 1 fully saturated rings. The molecule has 21 heavy (non-hydrogen) atoms. The highest BCUT2D eigenvalue weighted by Crippen LogP contribution is 2.28. The Labute approximate surface area is 125 Å². The van der Waals surface area contributed by atoms with Gasteiger partial charge in [-0.3, -0.25) is 4.79 Å². The first-order valence-corrected chi connectivity index (χ1v) is 7.53. The average molecular weight is 283 g/mol. The van der Waals surface area contributed by atoms with Crippen molar-refractivity contribution in [2.75, 3.05) is 18.4 Å². The Balaban J connectivity index is 1.64. The second-order valence-corrected chi connectivity index (χ2v) is 5.79. The zero-order valence-corrected chi connectivity index (χ0v) is 12.6. The van der Waals surface area contributed by atoms with Crippen LogP contribution in [0.1, 0.15) is 24.0 Å². The van der Waals surface area contributed by atoms with Gasteiger partial charge in [-0.15, -0.1) is 0 Å². The molecule has 0 atom stereocenters. The van der Waals surface area contributed by atoms with Crippen LogP contribution in [0.4, 0.5) is 5.82 Å². The standard InChI is InChI=1S/C17H21N3O/c1-11-4-3-5-14-10-12(2)16(20-15(11)14)18-8-9-19-17(21)13-6-7-13/h3-5,10,13H,6-9H2,1-2H3,(H,18,20)(H,19,21). The van der Waals surface area contributed by atoms with Gasteiger partial charge in [0, 0.05) is 24.4 Å². The Hall–Kier alpha value is -2.10. The number of hydrogen-bond acceptors (Lipinski definition) is 3. The van der Waals surface area contributed by atoms with Gasteiger partial charge in [-0.25, -0.2) is 4.98 Å². The molecule has 0 saturated heterocycles. The fourth-order valence-electron chi connectivity index (χ4n) is 2.49. The van der Waals surface area contributed by atoms with Gasteiger partial charge in [-0.05, 0) is 43.9 Å². The van der Waals surface area contributed by atoms with E-state index in [9.17, 15) is 4.79 Å². The minimum Gasteiger partial charge on any atom is -0.368 e. The van der Waals surface area contributed by atoms with Crippen LogP contribution in [0, 0.1) is 19.8 Å². The van der Waals surface area contributed by atoms with Gasteiger partial charge in [0.1, 0.15) is 5.82 Å². The Morgan fingerprint density at radius 1 is 1.24 bits per heavy atom. The van der Waals surface area contributed by atoms with Crippen LogP contribution in [0.25, 0.3) is 10.9 Å². The number of nitrogens with zero attached hydrogens (tertiary/aromatic N) is 1. The molecular formula is C17H21N3O. The Morgan fingerprint density at radius 3 is 2.81 bits per heavy atom. The molecule has 0 aliphatic heterocycles. The molecule has 1 aliphatic rings. The number of hydrogen-bond donors (Lipinski definition) is 2. The van der Waals surface area contributed by atoms with Gasteiger partial charge >= 0.3 is 0 Å². The number of carbonyl (C=O) groups excluding carboxylic acids is 1. The molecule has 110 valence electrons. The number of benzene rings is 1. The van der Waals surface area contributed by atoms with Crippen LogP contribution >= 0.6 is 0 Å². The summed E-state index contributed by atoms with van der Waals surface area (Å²) in [6.07, 6.45) is 2.09. The molecule has 1 saturated carbocycles. The Kier molecular flexibility index (Phi) is 3.78. The van der Waals surface area contributed by atoms with Crippen molar-refractivity contribution in [2.45, 2.75) is 26.7 Å². The first-order chi connectivity index (χ1) is 10.1. The summed E-state index contributed by atoms with van der Waals surface area (Å²) in [4.78, 5) is 16.3. The largest absolute Gasteiger partial charge is 0.368 e. The summed E-state index contributed by atoms with van der Waals surface area (Å²) in [5.41, 5.74) is 3.34. The number of aryl methyl sites for hydroxylation is 2. The monoisotopic (exact) mass is 283 g/mol. The first-order valence-electron chi connectivity index (χ1n) is 7.53. The van der Waals surface area contributed by atoms with Crippen molar-refractivity contribution in [2.24, 2.45) is 5.92 Å². The summed E-state index contributed by atoms with van der Waals surface area (Å²) in [7, 11) is 0. The lowest BCUT2D eigenvalue weighted by Crippen LogP contribution is -2.30. The number of pyridine rings is 1. The molecular weight excluding hydrogens is 262 g/mol. The number of nitrogens with one attached hydrogen (secondary N) is 2. The van der Waals surface area contributed by atoms with Crippen molar-refractivity contribution in [1.29, 1.82) is 0 Å². The van der Waals surface area contributed by atoms with Crippen LogP contribution in [-0.4, -0.2) is 24.0 Å². The fourth-order valence-corrected chi connectivity index (χ4v) is 2.49. The Morgan fingerprint density at radius 2 is 2.05 bits per heavy atom. The van der Waals surface area contributed by atoms with E-state index in [1.165, 1.54) is 10.9 Å². The smallest absolute Gasteiger partial charge is 0.223 e. The van der Waals surface area contributed by atoms with E-state index < -0.39 is 0 Å². The zero-order valence-electron chi connectivity index (χ0n) is 12.6. The summed E-state index contributed by atoms with van der Waals surface area (Å²) in [5.74, 6) is 1.36. The SMILES string of the molecule is Cc1cc2cccc(C)c2nc1NCCNC(=O)C1CC1. The first kappa shape index (κ1) is 13.9. The fraction of sp³-hybridized carbons (Fsp3) is 0.412. The summed E-state index contributed by atoms with van der Waals surface area (Å²) < 4.78 is 0. The normalized spacial score (nSPS) is 14.2. The van der Waals surface area contributed by atoms with E-state index in [0.29, 0.717) is 13.1 Å². The number of fused-ring (bicyclic) bond motifs is 1. The average Bonchev–Trinajstić information content (AvgIpc) is 3.29. The molecule has 0 spiro atoms. The quantitative estimate of drug-likeness (QED) is 0.830. The second-order valence-electron chi connectivity index (χ2n) is 5.79. The van der Waals surface area contributed by atoms with E-state index in [1.807, 2.05) is 0 Å². The highest BCUT2D eigenvalue weighted by molar-refractivity contribution is 5.84. The van der Waals surface area contributed by atoms with Gasteiger partial charge in [0.25, 0.3) is 0 Å². The van der Waals surface area contributed by atoms with Crippen LogP contribution in [0.3, 0.4) is 0 Å². The highest BCUT2D eigenvalue weighted by atomic mass is 16.2. The van der Waals surface area contributed by atoms with Crippen LogP contribution in [0.5, 0.6) is 0 Å². The summed E-state index contributed by atoms with van der Waals surface area (Å²) in [6.45, 7) is 5.47. The molecule has 1 aromatic carbocycles. The molecule has 1 heterocycles. The predicted molar refractivity (Wildman–Crippen MR) is 85.4 cm³/mol. The number of para-hydroxylation sites is 1. The van der Waals surface area contributed by atoms with Gasteiger partial charge in [0.15, 0.2) is 0 Å². The number of carbonyl (C=O) groups is 1. The topological polar surface area (TPSA) is 54.0 Å². The minimum atomic E-state index is 0.191. The molecule has 0 radical (unpaired) electrons. The second kappa shape index (κ2) is 5.72. The van der Waals surface area contributed by atoms with E-state index in [-0.39, 0.29) is 11.8 Å². The van der Waals surface area contributed by atoms with Gasteiger partial charge in [-0.1, -0.05) is 18.2 Å². The lowest BCUT2D eigenvalue weighted by molar-refractivity contribution is -0.122. The van der Waals surface area contributed by atoms with E-state index in [4.69, 9.17) is 4.98 Å². The van der Waals surface area contributed by atoms with Crippen molar-refractivity contribution in [3.8, 4) is 0 Å². The molecule has 1 aromatic heterocycles. The number of aromatic nitrogens is 1. The van der Waals surface area contributed by atoms with Gasteiger partial charge in [-0.2, -0.15) is 0 Å². The third-order valence-corrected chi connectivity index (χ3v) is 3.90. The lowest BCUT2D eigenvalue weighted by atomic mass is 10.1. The van der Waals surface area contributed by atoms with E-state index in [0.717, 1.165) is 29.7 Å². The van der Waals surface area contributed by atoms with Gasteiger partial charge in [0.05, 0.1) is 5.52 Å². The predicted octanol–water partition coefficient (Wildman–Crippen LogP) is 2.79. The lowest BCUT2D eigenvalue weighted by Gasteiger charge is -2.11. The van der Waals surface area contributed by atoms with Crippen molar-refractivity contribution < 1.29 is 4.79 Å². The van der Waals surface area contributed by atoms with Gasteiger partial charge < -0.3 is 10.6 Å². The van der Waals surface area contributed by atoms with Gasteiger partial charge in [0.2, 0.25) is 5.91 Å². The Bertz CT molecular complexity index is 677. The third kappa shape index (κ3) is 3.15. The molecule has 1 amide bonds. The van der Waals surface area contributed by atoms with E-state index >= 15 is 0 Å². The number of amides is 1. The minimum absolute atomic E-state index is 0.191. The van der Waals surface area contributed by atoms with Crippen molar-refractivity contribution >= 4 is 22.6 Å². The van der Waals surface area contributed by atoms with Crippen molar-refractivity contribution in [3.63, 3.8) is 0 Å². The molecule has 2 aromatic rings. The van der Waals surface area contributed by atoms with Crippen molar-refractivity contribution in [1.82, 2.24) is 10.3 Å². The highest BCUT2D eigenvalue weighted by Gasteiger charge is 2.28. The van der Waals surface area contributed by atoms with Crippen LogP contribution in [-0.2, 0) is 4.79 Å². The molecule has 4 heteroatoms. The van der Waals surface area contributed by atoms with E-state index in [1.54, 1.807) is 0 Å². The van der Waals surface area contributed by atoms with Crippen LogP contribution in [0.2, 0.25) is 0 Å². The number of anilines is 1. The summed E-state index contributed by atoms with van der Waals surface area (Å²) >= 11 is 0. The summed E-state index contributed by atoms with van der Waals surface area (Å²) in [5, 5.41) is 7.44. The van der Waals surface area contributed by atoms with Crippen molar-refractivity contribution in [3.05, 3.63) is 35.4 Å². The molecule has 0 unspecified atom stereocenters. The number of rotatable bonds is 5. The zero-order chi connectivity index (χ0) is 14.8. The van der Waals surface area contributed by atoms with E-state index in [2.05, 4.69) is 48.7 Å². The molecule has 2 N–H and O–H groups in total. The van der Waals surface area contributed by atoms with Crippen LogP contribution < -0.4 is 10.6 Å². The maximum Gasteiger partial charge on any atom is 0.223 e.